The minimum atomic E-state index is -0.956. The summed E-state index contributed by atoms with van der Waals surface area (Å²) in [6.07, 6.45) is 0. The van der Waals surface area contributed by atoms with Gasteiger partial charge in [-0.15, -0.1) is 0 Å². The van der Waals surface area contributed by atoms with Crippen molar-refractivity contribution < 1.29 is 23.9 Å². The summed E-state index contributed by atoms with van der Waals surface area (Å²) in [6.45, 7) is 1.38. The quantitative estimate of drug-likeness (QED) is 0.365. The van der Waals surface area contributed by atoms with Crippen LogP contribution >= 0.6 is 0 Å². The monoisotopic (exact) mass is 430 g/mol. The van der Waals surface area contributed by atoms with Crippen LogP contribution < -0.4 is 10.2 Å². The predicted molar refractivity (Wildman–Crippen MR) is 118 cm³/mol. The summed E-state index contributed by atoms with van der Waals surface area (Å²) < 4.78 is 13.6. The Labute approximate surface area is 183 Å². The van der Waals surface area contributed by atoms with E-state index in [4.69, 9.17) is 0 Å². The first kappa shape index (κ1) is 21.0. The molecule has 160 valence electrons. The van der Waals surface area contributed by atoms with Crippen LogP contribution in [0.25, 0.3) is 5.76 Å². The van der Waals surface area contributed by atoms with Crippen LogP contribution in [0, 0.1) is 5.82 Å². The molecule has 1 saturated heterocycles. The molecule has 0 aromatic heterocycles. The number of ketones is 1. The van der Waals surface area contributed by atoms with E-state index in [0.717, 1.165) is 0 Å². The Morgan fingerprint density at radius 3 is 2.16 bits per heavy atom. The molecule has 32 heavy (non-hydrogen) atoms. The molecule has 4 rings (SSSR count). The summed E-state index contributed by atoms with van der Waals surface area (Å²) in [5, 5.41) is 13.6. The number of hydrogen-bond acceptors (Lipinski definition) is 4. The van der Waals surface area contributed by atoms with Crippen molar-refractivity contribution in [3.63, 3.8) is 0 Å². The molecule has 0 bridgehead atoms. The van der Waals surface area contributed by atoms with Gasteiger partial charge < -0.3 is 10.4 Å². The highest BCUT2D eigenvalue weighted by atomic mass is 19.1. The van der Waals surface area contributed by atoms with Crippen LogP contribution in [0.1, 0.15) is 24.1 Å². The van der Waals surface area contributed by atoms with Crippen LogP contribution in [0.3, 0.4) is 0 Å². The van der Waals surface area contributed by atoms with Gasteiger partial charge in [0.05, 0.1) is 11.6 Å². The van der Waals surface area contributed by atoms with E-state index in [9.17, 15) is 23.9 Å². The lowest BCUT2D eigenvalue weighted by Crippen LogP contribution is -2.29. The number of carbonyl (C=O) groups excluding carboxylic acids is 3. The van der Waals surface area contributed by atoms with Crippen molar-refractivity contribution in [1.82, 2.24) is 0 Å². The third-order valence-electron chi connectivity index (χ3n) is 5.14. The molecule has 1 aliphatic heterocycles. The lowest BCUT2D eigenvalue weighted by Gasteiger charge is -2.25. The molecule has 1 atom stereocenters. The molecular formula is C25H19FN2O4. The first-order valence-electron chi connectivity index (χ1n) is 9.86. The number of nitrogens with one attached hydrogen (secondary N) is 1. The standard InChI is InChI=1S/C25H19FN2O4/c1-15(29)27-19-11-13-20(14-12-19)28-22(16-7-9-18(26)10-8-16)21(24(31)25(28)32)23(30)17-5-3-2-4-6-17/h2-14,22,30H,1H3,(H,27,29)/b23-21-. The Hall–Kier alpha value is -4.26. The molecule has 0 aliphatic carbocycles. The number of nitrogens with zero attached hydrogens (tertiary/aromatic N) is 1. The largest absolute Gasteiger partial charge is 0.507 e. The number of benzene rings is 3. The number of anilines is 2. The summed E-state index contributed by atoms with van der Waals surface area (Å²) in [5.74, 6) is -2.67. The van der Waals surface area contributed by atoms with Crippen molar-refractivity contribution in [3.8, 4) is 0 Å². The van der Waals surface area contributed by atoms with Crippen LogP contribution in [0.2, 0.25) is 0 Å². The highest BCUT2D eigenvalue weighted by molar-refractivity contribution is 6.51. The summed E-state index contributed by atoms with van der Waals surface area (Å²) in [6, 6.07) is 19.3. The number of aliphatic hydroxyl groups excluding tert-OH is 1. The van der Waals surface area contributed by atoms with E-state index in [2.05, 4.69) is 5.32 Å². The maximum Gasteiger partial charge on any atom is 0.300 e. The van der Waals surface area contributed by atoms with Gasteiger partial charge in [0.15, 0.2) is 0 Å². The molecule has 3 aromatic rings. The van der Waals surface area contributed by atoms with Gasteiger partial charge in [-0.25, -0.2) is 4.39 Å². The van der Waals surface area contributed by atoms with E-state index < -0.39 is 23.5 Å². The number of carbonyl (C=O) groups is 3. The van der Waals surface area contributed by atoms with E-state index in [1.807, 2.05) is 0 Å². The van der Waals surface area contributed by atoms with Crippen LogP contribution in [-0.4, -0.2) is 22.7 Å². The third-order valence-corrected chi connectivity index (χ3v) is 5.14. The molecule has 7 heteroatoms. The molecule has 2 N–H and O–H groups in total. The summed E-state index contributed by atoms with van der Waals surface area (Å²) >= 11 is 0. The van der Waals surface area contributed by atoms with Crippen LogP contribution in [-0.2, 0) is 14.4 Å². The van der Waals surface area contributed by atoms with Crippen molar-refractivity contribution in [3.05, 3.63) is 101 Å². The van der Waals surface area contributed by atoms with Crippen LogP contribution in [0.5, 0.6) is 0 Å². The Morgan fingerprint density at radius 1 is 0.938 bits per heavy atom. The average Bonchev–Trinajstić information content (AvgIpc) is 3.05. The number of rotatable bonds is 4. The molecule has 0 spiro atoms. The fraction of sp³-hybridized carbons (Fsp3) is 0.0800. The first-order valence-corrected chi connectivity index (χ1v) is 9.86. The fourth-order valence-electron chi connectivity index (χ4n) is 3.72. The SMILES string of the molecule is CC(=O)Nc1ccc(N2C(=O)C(=O)/C(=C(\O)c3ccccc3)C2c2ccc(F)cc2)cc1. The van der Waals surface area contributed by atoms with E-state index in [1.165, 1.54) is 36.1 Å². The number of amides is 2. The zero-order valence-electron chi connectivity index (χ0n) is 17.1. The average molecular weight is 430 g/mol. The van der Waals surface area contributed by atoms with Crippen molar-refractivity contribution >= 4 is 34.7 Å². The number of hydrogen-bond donors (Lipinski definition) is 2. The van der Waals surface area contributed by atoms with Gasteiger partial charge in [0.25, 0.3) is 11.7 Å². The second kappa shape index (κ2) is 8.47. The molecule has 1 fully saturated rings. The highest BCUT2D eigenvalue weighted by Gasteiger charge is 2.46. The smallest absolute Gasteiger partial charge is 0.300 e. The number of halogens is 1. The van der Waals surface area contributed by atoms with Crippen molar-refractivity contribution in [2.75, 3.05) is 10.2 Å². The molecule has 6 nitrogen and oxygen atoms in total. The maximum atomic E-state index is 13.6. The van der Waals surface area contributed by atoms with Gasteiger partial charge in [-0.1, -0.05) is 42.5 Å². The van der Waals surface area contributed by atoms with Crippen molar-refractivity contribution in [2.24, 2.45) is 0 Å². The normalized spacial score (nSPS) is 17.4. The van der Waals surface area contributed by atoms with E-state index in [0.29, 0.717) is 22.5 Å². The molecular weight excluding hydrogens is 411 g/mol. The zero-order valence-corrected chi connectivity index (χ0v) is 17.1. The Kier molecular flexibility index (Phi) is 5.55. The summed E-state index contributed by atoms with van der Waals surface area (Å²) in [4.78, 5) is 38.6. The van der Waals surface area contributed by atoms with Gasteiger partial charge in [0.1, 0.15) is 11.6 Å². The Bertz CT molecular complexity index is 1220. The minimum Gasteiger partial charge on any atom is -0.507 e. The summed E-state index contributed by atoms with van der Waals surface area (Å²) in [5.41, 5.74) is 1.69. The topological polar surface area (TPSA) is 86.7 Å². The Morgan fingerprint density at radius 2 is 1.56 bits per heavy atom. The lowest BCUT2D eigenvalue weighted by atomic mass is 9.95. The highest BCUT2D eigenvalue weighted by Crippen LogP contribution is 2.42. The second-order valence-electron chi connectivity index (χ2n) is 7.31. The molecule has 3 aromatic carbocycles. The Balaban J connectivity index is 1.87. The minimum absolute atomic E-state index is 0.0845. The second-order valence-corrected chi connectivity index (χ2v) is 7.31. The van der Waals surface area contributed by atoms with Crippen LogP contribution in [0.15, 0.2) is 84.4 Å². The van der Waals surface area contributed by atoms with Gasteiger partial charge in [-0.3, -0.25) is 19.3 Å². The molecule has 1 unspecified atom stereocenters. The number of aliphatic hydroxyl groups is 1. The number of Topliss-reactive ketones (excluding diaryl/α,β-unsaturated/α-hetero) is 1. The molecule has 1 aliphatic rings. The summed E-state index contributed by atoms with van der Waals surface area (Å²) in [7, 11) is 0. The van der Waals surface area contributed by atoms with Gasteiger partial charge in [0.2, 0.25) is 5.91 Å². The zero-order chi connectivity index (χ0) is 22.8. The van der Waals surface area contributed by atoms with Gasteiger partial charge in [0, 0.05) is 23.9 Å². The maximum absolute atomic E-state index is 13.6. The van der Waals surface area contributed by atoms with E-state index >= 15 is 0 Å². The van der Waals surface area contributed by atoms with Gasteiger partial charge >= 0.3 is 0 Å². The lowest BCUT2D eigenvalue weighted by molar-refractivity contribution is -0.132. The van der Waals surface area contributed by atoms with Crippen molar-refractivity contribution in [2.45, 2.75) is 13.0 Å². The molecule has 1 heterocycles. The fourth-order valence-corrected chi connectivity index (χ4v) is 3.72. The van der Waals surface area contributed by atoms with E-state index in [-0.39, 0.29) is 17.2 Å². The van der Waals surface area contributed by atoms with Gasteiger partial charge in [-0.2, -0.15) is 0 Å². The van der Waals surface area contributed by atoms with Gasteiger partial charge in [-0.05, 0) is 42.0 Å². The molecule has 0 radical (unpaired) electrons. The molecule has 2 amide bonds. The van der Waals surface area contributed by atoms with E-state index in [1.54, 1.807) is 54.6 Å². The van der Waals surface area contributed by atoms with Crippen molar-refractivity contribution in [1.29, 1.82) is 0 Å². The first-order chi connectivity index (χ1) is 15.4. The third kappa shape index (κ3) is 3.88. The van der Waals surface area contributed by atoms with Crippen LogP contribution in [0.4, 0.5) is 15.8 Å². The predicted octanol–water partition coefficient (Wildman–Crippen LogP) is 4.41. The molecule has 0 saturated carbocycles.